The van der Waals surface area contributed by atoms with Crippen molar-refractivity contribution < 1.29 is 33.0 Å². The van der Waals surface area contributed by atoms with Crippen LogP contribution in [0.3, 0.4) is 0 Å². The standard InChI is InChI=1S/C27H19FN4O5S/c1-36-21-13-11-20(12-14-21)32-24(26(35)37-30-32)23(33)16-38-27-29-22(15-17-7-9-18(28)10-8-17)25(34)31(27)19-5-3-2-4-6-19/h2-15H,16H2,1H3/b22-15+. The molecule has 4 aromatic rings. The maximum atomic E-state index is 13.3. The molecule has 5 rings (SSSR count). The van der Waals surface area contributed by atoms with Gasteiger partial charge in [0.25, 0.3) is 5.91 Å². The Morgan fingerprint density at radius 2 is 1.82 bits per heavy atom. The molecule has 0 N–H and O–H groups in total. The Bertz CT molecular complexity index is 1550. The van der Waals surface area contributed by atoms with Gasteiger partial charge in [0.1, 0.15) is 17.3 Å². The van der Waals surface area contributed by atoms with Crippen LogP contribution in [0.15, 0.2) is 94.1 Å². The molecule has 0 atom stereocenters. The van der Waals surface area contributed by atoms with E-state index in [2.05, 4.69) is 10.3 Å². The molecular weight excluding hydrogens is 511 g/mol. The van der Waals surface area contributed by atoms with Gasteiger partial charge in [-0.2, -0.15) is 0 Å². The molecule has 0 fully saturated rings. The summed E-state index contributed by atoms with van der Waals surface area (Å²) in [4.78, 5) is 32.3. The topological polar surface area (TPSA) is 112 Å². The summed E-state index contributed by atoms with van der Waals surface area (Å²) in [6.07, 6.45) is 1.54. The monoisotopic (exact) mass is 530 g/mol. The summed E-state index contributed by atoms with van der Waals surface area (Å²) in [5, 5.41) is 16.3. The minimum Gasteiger partial charge on any atom is -0.539 e. The van der Waals surface area contributed by atoms with Gasteiger partial charge in [-0.3, -0.25) is 14.5 Å². The van der Waals surface area contributed by atoms with Crippen LogP contribution in [-0.4, -0.2) is 35.0 Å². The third kappa shape index (κ3) is 5.04. The average Bonchev–Trinajstić information content (AvgIpc) is 3.48. The molecule has 0 radical (unpaired) electrons. The van der Waals surface area contributed by atoms with Gasteiger partial charge in [-0.15, -0.1) is 0 Å². The lowest BCUT2D eigenvalue weighted by molar-refractivity contribution is -0.672. The molecule has 0 bridgehead atoms. The Kier molecular flexibility index (Phi) is 7.00. The Balaban J connectivity index is 1.42. The van der Waals surface area contributed by atoms with Gasteiger partial charge >= 0.3 is 5.69 Å². The Morgan fingerprint density at radius 3 is 2.50 bits per heavy atom. The SMILES string of the molecule is COc1ccc(-[n+]2noc([O-])c2C(=O)CSC2=N/C(=C/c3ccc(F)cc3)C(=O)N2c2ccccc2)cc1. The molecule has 1 aliphatic heterocycles. The second-order valence-electron chi connectivity index (χ2n) is 7.98. The largest absolute Gasteiger partial charge is 0.539 e. The molecular formula is C27H19FN4O5S. The first-order valence-corrected chi connectivity index (χ1v) is 12.3. The number of rotatable bonds is 7. The predicted octanol–water partition coefficient (Wildman–Crippen LogP) is 3.53. The van der Waals surface area contributed by atoms with E-state index in [1.165, 1.54) is 36.3 Å². The van der Waals surface area contributed by atoms with Crippen molar-refractivity contribution >= 4 is 40.4 Å². The molecule has 38 heavy (non-hydrogen) atoms. The van der Waals surface area contributed by atoms with E-state index >= 15 is 0 Å². The average molecular weight is 531 g/mol. The first-order chi connectivity index (χ1) is 18.4. The molecule has 11 heteroatoms. The number of ketones is 1. The van der Waals surface area contributed by atoms with Crippen molar-refractivity contribution in [3.63, 3.8) is 0 Å². The van der Waals surface area contributed by atoms with Crippen molar-refractivity contribution in [1.29, 1.82) is 0 Å². The molecule has 1 aliphatic rings. The number of carbonyl (C=O) groups excluding carboxylic acids is 2. The molecule has 0 spiro atoms. The normalized spacial score (nSPS) is 14.2. The molecule has 190 valence electrons. The van der Waals surface area contributed by atoms with E-state index in [4.69, 9.17) is 9.26 Å². The number of ether oxygens (including phenoxy) is 1. The second-order valence-corrected chi connectivity index (χ2v) is 8.92. The minimum absolute atomic E-state index is 0.123. The van der Waals surface area contributed by atoms with Crippen molar-refractivity contribution in [3.8, 4) is 17.4 Å². The van der Waals surface area contributed by atoms with Crippen LogP contribution in [0.4, 0.5) is 10.1 Å². The number of para-hydroxylation sites is 1. The number of aliphatic imine (C=N–C) groups is 1. The number of amidine groups is 1. The van der Waals surface area contributed by atoms with Gasteiger partial charge in [-0.05, 0) is 52.7 Å². The van der Waals surface area contributed by atoms with Crippen molar-refractivity contribution in [1.82, 2.24) is 5.27 Å². The van der Waals surface area contributed by atoms with Crippen molar-refractivity contribution in [3.05, 3.63) is 102 Å². The molecule has 3 aromatic carbocycles. The zero-order valence-electron chi connectivity index (χ0n) is 19.9. The smallest absolute Gasteiger partial charge is 0.307 e. The van der Waals surface area contributed by atoms with Crippen LogP contribution < -0.4 is 19.4 Å². The van der Waals surface area contributed by atoms with E-state index in [1.54, 1.807) is 54.6 Å². The van der Waals surface area contributed by atoms with Gasteiger partial charge in [0.15, 0.2) is 11.1 Å². The highest BCUT2D eigenvalue weighted by Crippen LogP contribution is 2.30. The van der Waals surface area contributed by atoms with Crippen LogP contribution in [0.5, 0.6) is 11.7 Å². The van der Waals surface area contributed by atoms with Crippen LogP contribution in [-0.2, 0) is 4.79 Å². The fourth-order valence-electron chi connectivity index (χ4n) is 3.69. The van der Waals surface area contributed by atoms with E-state index in [1.807, 2.05) is 6.07 Å². The van der Waals surface area contributed by atoms with Crippen molar-refractivity contribution in [2.45, 2.75) is 0 Å². The van der Waals surface area contributed by atoms with Gasteiger partial charge in [0.2, 0.25) is 11.5 Å². The van der Waals surface area contributed by atoms with E-state index in [-0.39, 0.29) is 22.3 Å². The summed E-state index contributed by atoms with van der Waals surface area (Å²) in [6.45, 7) is 0. The van der Waals surface area contributed by atoms with Crippen LogP contribution in [0.25, 0.3) is 11.8 Å². The highest BCUT2D eigenvalue weighted by atomic mass is 32.2. The fourth-order valence-corrected chi connectivity index (χ4v) is 4.57. The van der Waals surface area contributed by atoms with Gasteiger partial charge in [-0.1, -0.05) is 42.1 Å². The number of thioether (sulfide) groups is 1. The molecule has 1 aromatic heterocycles. The van der Waals surface area contributed by atoms with Crippen molar-refractivity contribution in [2.24, 2.45) is 4.99 Å². The summed E-state index contributed by atoms with van der Waals surface area (Å²) in [5.41, 5.74) is 1.45. The Morgan fingerprint density at radius 1 is 1.11 bits per heavy atom. The maximum absolute atomic E-state index is 13.3. The summed E-state index contributed by atoms with van der Waals surface area (Å²) in [5.74, 6) is -1.86. The van der Waals surface area contributed by atoms with Crippen LogP contribution in [0.1, 0.15) is 16.1 Å². The summed E-state index contributed by atoms with van der Waals surface area (Å²) in [7, 11) is 1.52. The molecule has 0 saturated carbocycles. The highest BCUT2D eigenvalue weighted by molar-refractivity contribution is 8.14. The lowest BCUT2D eigenvalue weighted by Crippen LogP contribution is -2.39. The molecule has 1 amide bonds. The lowest BCUT2D eigenvalue weighted by atomic mass is 10.2. The van der Waals surface area contributed by atoms with Gasteiger partial charge in [-0.25, -0.2) is 9.38 Å². The third-order valence-corrected chi connectivity index (χ3v) is 6.48. The number of hydrogen-bond donors (Lipinski definition) is 0. The van der Waals surface area contributed by atoms with Gasteiger partial charge < -0.3 is 14.4 Å². The minimum atomic E-state index is -0.882. The molecule has 0 unspecified atom stereocenters. The van der Waals surface area contributed by atoms with Gasteiger partial charge in [0.05, 0.1) is 23.8 Å². The van der Waals surface area contributed by atoms with Crippen LogP contribution in [0.2, 0.25) is 0 Å². The van der Waals surface area contributed by atoms with Gasteiger partial charge in [0, 0.05) is 12.1 Å². The molecule has 9 nitrogen and oxygen atoms in total. The van der Waals surface area contributed by atoms with E-state index in [0.717, 1.165) is 16.4 Å². The lowest BCUT2D eigenvalue weighted by Gasteiger charge is -2.17. The van der Waals surface area contributed by atoms with E-state index < -0.39 is 23.5 Å². The first kappa shape index (κ1) is 24.9. The Hall–Kier alpha value is -4.77. The third-order valence-electron chi connectivity index (χ3n) is 5.54. The summed E-state index contributed by atoms with van der Waals surface area (Å²) in [6, 6.07) is 21.1. The first-order valence-electron chi connectivity index (χ1n) is 11.3. The zero-order chi connectivity index (χ0) is 26.6. The number of anilines is 1. The van der Waals surface area contributed by atoms with Crippen LogP contribution >= 0.6 is 11.8 Å². The molecule has 0 saturated heterocycles. The fraction of sp³-hybridized carbons (Fsp3) is 0.0741. The number of nitrogens with zero attached hydrogens (tertiary/aromatic N) is 4. The number of carbonyl (C=O) groups is 2. The highest BCUT2D eigenvalue weighted by Gasteiger charge is 2.34. The van der Waals surface area contributed by atoms with Crippen molar-refractivity contribution in [2.75, 3.05) is 17.8 Å². The number of aromatic nitrogens is 2. The van der Waals surface area contributed by atoms with E-state index in [9.17, 15) is 19.1 Å². The van der Waals surface area contributed by atoms with Crippen LogP contribution in [0, 0.1) is 5.82 Å². The Labute approximate surface area is 220 Å². The quantitative estimate of drug-likeness (QED) is 0.204. The number of hydrogen-bond acceptors (Lipinski definition) is 8. The number of Topliss-reactive ketones (excluding diaryl/α,β-unsaturated/α-hetero) is 1. The maximum Gasteiger partial charge on any atom is 0.307 e. The molecule has 0 aliphatic carbocycles. The number of amides is 1. The zero-order valence-corrected chi connectivity index (χ0v) is 20.7. The summed E-state index contributed by atoms with van der Waals surface area (Å²) >= 11 is 0.996. The number of methoxy groups -OCH3 is 1. The second kappa shape index (κ2) is 10.7. The number of benzene rings is 3. The number of halogens is 1. The van der Waals surface area contributed by atoms with E-state index in [0.29, 0.717) is 22.7 Å². The molecule has 2 heterocycles. The predicted molar refractivity (Wildman–Crippen MR) is 137 cm³/mol. The summed E-state index contributed by atoms with van der Waals surface area (Å²) < 4.78 is 24.3.